The number of amides is 1. The molecule has 29 heavy (non-hydrogen) atoms. The Kier molecular flexibility index (Phi) is 6.20. The Labute approximate surface area is 174 Å². The number of benzene rings is 2. The van der Waals surface area contributed by atoms with Gasteiger partial charge >= 0.3 is 5.97 Å². The van der Waals surface area contributed by atoms with Crippen molar-refractivity contribution in [3.8, 4) is 5.75 Å². The van der Waals surface area contributed by atoms with Crippen molar-refractivity contribution in [1.29, 1.82) is 0 Å². The van der Waals surface area contributed by atoms with Gasteiger partial charge in [-0.25, -0.2) is 4.79 Å². The van der Waals surface area contributed by atoms with E-state index in [2.05, 4.69) is 6.58 Å². The highest BCUT2D eigenvalue weighted by atomic mass is 35.5. The molecule has 0 spiro atoms. The third-order valence-corrected chi connectivity index (χ3v) is 4.63. The number of esters is 1. The standard InChI is InChI=1S/C23H20ClNO4/c1-4-11-29-19-10-5-7-16(12-19)13-20-21(23(27)28-3)15(2)25(22(20)26)18-9-6-8-17(24)14-18/h4-10,12-14H,1,11H2,2-3H3/b20-13-. The van der Waals surface area contributed by atoms with Gasteiger partial charge in [-0.2, -0.15) is 0 Å². The van der Waals surface area contributed by atoms with Gasteiger partial charge in [-0.15, -0.1) is 0 Å². The van der Waals surface area contributed by atoms with Crippen LogP contribution in [0.1, 0.15) is 12.5 Å². The molecule has 0 atom stereocenters. The zero-order valence-electron chi connectivity index (χ0n) is 16.1. The van der Waals surface area contributed by atoms with Crippen LogP contribution in [0.2, 0.25) is 5.02 Å². The third kappa shape index (κ3) is 4.25. The zero-order chi connectivity index (χ0) is 21.0. The lowest BCUT2D eigenvalue weighted by molar-refractivity contribution is -0.136. The van der Waals surface area contributed by atoms with E-state index in [0.29, 0.717) is 28.8 Å². The summed E-state index contributed by atoms with van der Waals surface area (Å²) < 4.78 is 10.5. The number of halogens is 1. The molecule has 0 radical (unpaired) electrons. The minimum atomic E-state index is -0.578. The number of hydrogen-bond donors (Lipinski definition) is 0. The van der Waals surface area contributed by atoms with Crippen LogP contribution in [0.4, 0.5) is 5.69 Å². The van der Waals surface area contributed by atoms with E-state index >= 15 is 0 Å². The first-order valence-electron chi connectivity index (χ1n) is 8.91. The topological polar surface area (TPSA) is 55.8 Å². The van der Waals surface area contributed by atoms with Gasteiger partial charge in [-0.3, -0.25) is 9.69 Å². The second-order valence-electron chi connectivity index (χ2n) is 6.30. The molecule has 0 fully saturated rings. The first kappa shape index (κ1) is 20.4. The predicted octanol–water partition coefficient (Wildman–Crippen LogP) is 4.78. The number of ether oxygens (including phenoxy) is 2. The van der Waals surface area contributed by atoms with Crippen molar-refractivity contribution in [3.63, 3.8) is 0 Å². The smallest absolute Gasteiger partial charge is 0.340 e. The van der Waals surface area contributed by atoms with Gasteiger partial charge in [-0.05, 0) is 48.9 Å². The van der Waals surface area contributed by atoms with Crippen LogP contribution in [-0.2, 0) is 14.3 Å². The molecule has 0 aromatic heterocycles. The average molecular weight is 410 g/mol. The Morgan fingerprint density at radius 1 is 1.21 bits per heavy atom. The molecule has 5 nitrogen and oxygen atoms in total. The second-order valence-corrected chi connectivity index (χ2v) is 6.74. The molecule has 148 valence electrons. The Hall–Kier alpha value is -3.31. The van der Waals surface area contributed by atoms with E-state index in [9.17, 15) is 9.59 Å². The van der Waals surface area contributed by atoms with Gasteiger partial charge in [0.15, 0.2) is 0 Å². The van der Waals surface area contributed by atoms with Crippen molar-refractivity contribution < 1.29 is 19.1 Å². The molecule has 1 aliphatic rings. The highest BCUT2D eigenvalue weighted by Gasteiger charge is 2.37. The largest absolute Gasteiger partial charge is 0.490 e. The number of hydrogen-bond acceptors (Lipinski definition) is 4. The molecule has 0 unspecified atom stereocenters. The summed E-state index contributed by atoms with van der Waals surface area (Å²) >= 11 is 6.09. The van der Waals surface area contributed by atoms with Gasteiger partial charge in [-0.1, -0.05) is 42.5 Å². The molecule has 2 aromatic rings. The Bertz CT molecular complexity index is 1040. The fourth-order valence-electron chi connectivity index (χ4n) is 3.12. The van der Waals surface area contributed by atoms with Gasteiger partial charge in [0.25, 0.3) is 5.91 Å². The monoisotopic (exact) mass is 409 g/mol. The van der Waals surface area contributed by atoms with Crippen molar-refractivity contribution >= 4 is 35.2 Å². The van der Waals surface area contributed by atoms with Crippen molar-refractivity contribution in [2.75, 3.05) is 18.6 Å². The number of carbonyl (C=O) groups excluding carboxylic acids is 2. The van der Waals surface area contributed by atoms with Crippen molar-refractivity contribution in [1.82, 2.24) is 0 Å². The maximum Gasteiger partial charge on any atom is 0.340 e. The molecule has 6 heteroatoms. The molecule has 0 saturated carbocycles. The molecular weight excluding hydrogens is 390 g/mol. The maximum atomic E-state index is 13.2. The second kappa shape index (κ2) is 8.80. The molecule has 0 bridgehead atoms. The van der Waals surface area contributed by atoms with Crippen LogP contribution in [-0.4, -0.2) is 25.6 Å². The summed E-state index contributed by atoms with van der Waals surface area (Å²) in [4.78, 5) is 27.2. The number of rotatable bonds is 6. The summed E-state index contributed by atoms with van der Waals surface area (Å²) in [5, 5.41) is 0.493. The lowest BCUT2D eigenvalue weighted by atomic mass is 10.0. The normalized spacial score (nSPS) is 15.1. The molecule has 3 rings (SSSR count). The van der Waals surface area contributed by atoms with Crippen LogP contribution in [0.3, 0.4) is 0 Å². The van der Waals surface area contributed by atoms with Gasteiger partial charge in [0.1, 0.15) is 12.4 Å². The van der Waals surface area contributed by atoms with E-state index in [-0.39, 0.29) is 17.1 Å². The summed E-state index contributed by atoms with van der Waals surface area (Å²) in [5.74, 6) is -0.273. The van der Waals surface area contributed by atoms with Gasteiger partial charge in [0.05, 0.1) is 23.9 Å². The van der Waals surface area contributed by atoms with Crippen LogP contribution in [0.25, 0.3) is 6.08 Å². The number of anilines is 1. The van der Waals surface area contributed by atoms with Gasteiger partial charge < -0.3 is 9.47 Å². The average Bonchev–Trinajstić information content (AvgIpc) is 2.95. The third-order valence-electron chi connectivity index (χ3n) is 4.39. The highest BCUT2D eigenvalue weighted by molar-refractivity contribution is 6.31. The van der Waals surface area contributed by atoms with E-state index in [1.807, 2.05) is 18.2 Å². The first-order valence-corrected chi connectivity index (χ1v) is 9.29. The Morgan fingerprint density at radius 2 is 1.97 bits per heavy atom. The molecule has 0 aliphatic carbocycles. The minimum Gasteiger partial charge on any atom is -0.490 e. The highest BCUT2D eigenvalue weighted by Crippen LogP contribution is 2.36. The summed E-state index contributed by atoms with van der Waals surface area (Å²) in [6, 6.07) is 14.1. The zero-order valence-corrected chi connectivity index (χ0v) is 16.9. The van der Waals surface area contributed by atoms with E-state index in [4.69, 9.17) is 21.1 Å². The fourth-order valence-corrected chi connectivity index (χ4v) is 3.31. The lowest BCUT2D eigenvalue weighted by Gasteiger charge is -2.18. The summed E-state index contributed by atoms with van der Waals surface area (Å²) in [6.07, 6.45) is 3.30. The quantitative estimate of drug-likeness (QED) is 0.391. The summed E-state index contributed by atoms with van der Waals surface area (Å²) in [5.41, 5.74) is 2.24. The Balaban J connectivity index is 2.08. The van der Waals surface area contributed by atoms with Crippen LogP contribution >= 0.6 is 11.6 Å². The number of nitrogens with zero attached hydrogens (tertiary/aromatic N) is 1. The maximum absolute atomic E-state index is 13.2. The van der Waals surface area contributed by atoms with E-state index in [0.717, 1.165) is 5.56 Å². The van der Waals surface area contributed by atoms with E-state index < -0.39 is 5.97 Å². The predicted molar refractivity (Wildman–Crippen MR) is 114 cm³/mol. The first-order chi connectivity index (χ1) is 14.0. The van der Waals surface area contributed by atoms with E-state index in [1.165, 1.54) is 12.0 Å². The Morgan fingerprint density at radius 3 is 2.66 bits per heavy atom. The van der Waals surface area contributed by atoms with Crippen molar-refractivity contribution in [3.05, 3.63) is 88.6 Å². The SMILES string of the molecule is C=CCOc1cccc(/C=C2\C(=O)N(c3cccc(Cl)c3)C(C)=C2C(=O)OC)c1. The number of carbonyl (C=O) groups is 2. The molecule has 2 aromatic carbocycles. The molecule has 1 amide bonds. The van der Waals surface area contributed by atoms with Crippen LogP contribution in [0, 0.1) is 0 Å². The number of allylic oxidation sites excluding steroid dienone is 1. The van der Waals surface area contributed by atoms with E-state index in [1.54, 1.807) is 49.4 Å². The van der Waals surface area contributed by atoms with Crippen LogP contribution in [0.5, 0.6) is 5.75 Å². The molecule has 0 saturated heterocycles. The summed E-state index contributed by atoms with van der Waals surface area (Å²) in [7, 11) is 1.29. The minimum absolute atomic E-state index is 0.217. The fraction of sp³-hybridized carbons (Fsp3) is 0.130. The van der Waals surface area contributed by atoms with Gasteiger partial charge in [0, 0.05) is 10.7 Å². The van der Waals surface area contributed by atoms with Crippen LogP contribution < -0.4 is 9.64 Å². The number of methoxy groups -OCH3 is 1. The van der Waals surface area contributed by atoms with Gasteiger partial charge in [0.2, 0.25) is 0 Å². The van der Waals surface area contributed by atoms with Crippen LogP contribution in [0.15, 0.2) is 78.0 Å². The van der Waals surface area contributed by atoms with Crippen molar-refractivity contribution in [2.24, 2.45) is 0 Å². The molecule has 1 aliphatic heterocycles. The molecule has 0 N–H and O–H groups in total. The lowest BCUT2D eigenvalue weighted by Crippen LogP contribution is -2.24. The summed E-state index contributed by atoms with van der Waals surface area (Å²) in [6.45, 7) is 5.70. The molecular formula is C23H20ClNO4. The van der Waals surface area contributed by atoms with Crippen molar-refractivity contribution in [2.45, 2.75) is 6.92 Å². The molecule has 1 heterocycles.